The number of para-hydroxylation sites is 1. The molecule has 0 aliphatic carbocycles. The summed E-state index contributed by atoms with van der Waals surface area (Å²) < 4.78 is 1.97. The van der Waals surface area contributed by atoms with Gasteiger partial charge in [0, 0.05) is 35.2 Å². The van der Waals surface area contributed by atoms with Gasteiger partial charge in [-0.05, 0) is 31.4 Å². The molecule has 3 aromatic rings. The smallest absolute Gasteiger partial charge is 0.248 e. The summed E-state index contributed by atoms with van der Waals surface area (Å²) in [6.45, 7) is 2.91. The van der Waals surface area contributed by atoms with Gasteiger partial charge in [-0.15, -0.1) is 11.3 Å². The highest BCUT2D eigenvalue weighted by molar-refractivity contribution is 7.13. The van der Waals surface area contributed by atoms with E-state index in [4.69, 9.17) is 0 Å². The Hall–Kier alpha value is -2.67. The summed E-state index contributed by atoms with van der Waals surface area (Å²) in [5.41, 5.74) is 2.19. The Balaban J connectivity index is 1.50. The number of aromatic nitrogens is 2. The Morgan fingerprint density at radius 2 is 2.19 bits per heavy atom. The molecule has 1 aromatic carbocycles. The molecule has 1 aliphatic heterocycles. The van der Waals surface area contributed by atoms with Crippen molar-refractivity contribution in [3.63, 3.8) is 0 Å². The summed E-state index contributed by atoms with van der Waals surface area (Å²) in [6, 6.07) is 7.64. The van der Waals surface area contributed by atoms with Crippen molar-refractivity contribution in [3.05, 3.63) is 47.6 Å². The molecule has 2 amide bonds. The molecular weight excluding hydrogens is 348 g/mol. The number of fused-ring (bicyclic) bond motifs is 1. The summed E-state index contributed by atoms with van der Waals surface area (Å²) in [7, 11) is 0. The predicted molar refractivity (Wildman–Crippen MR) is 102 cm³/mol. The third-order valence-corrected chi connectivity index (χ3v) is 5.52. The van der Waals surface area contributed by atoms with Crippen LogP contribution in [0.1, 0.15) is 18.4 Å². The second-order valence-corrected chi connectivity index (χ2v) is 7.42. The summed E-state index contributed by atoms with van der Waals surface area (Å²) in [4.78, 5) is 31.2. The molecule has 0 saturated carbocycles. The lowest BCUT2D eigenvalue weighted by molar-refractivity contribution is -0.137. The van der Waals surface area contributed by atoms with Crippen molar-refractivity contribution in [1.82, 2.24) is 14.5 Å². The van der Waals surface area contributed by atoms with Crippen molar-refractivity contribution in [2.75, 3.05) is 11.9 Å². The Morgan fingerprint density at radius 1 is 1.35 bits per heavy atom. The number of nitrogens with zero attached hydrogens (tertiary/aromatic N) is 3. The molecule has 26 heavy (non-hydrogen) atoms. The summed E-state index contributed by atoms with van der Waals surface area (Å²) in [5.74, 6) is -0.179. The highest BCUT2D eigenvalue weighted by atomic mass is 32.1. The normalized spacial score (nSPS) is 17.0. The van der Waals surface area contributed by atoms with Crippen LogP contribution < -0.4 is 5.32 Å². The average Bonchev–Trinajstić information content (AvgIpc) is 3.36. The van der Waals surface area contributed by atoms with Crippen LogP contribution in [0.25, 0.3) is 10.9 Å². The van der Waals surface area contributed by atoms with Gasteiger partial charge in [0.05, 0.1) is 0 Å². The van der Waals surface area contributed by atoms with Gasteiger partial charge in [-0.1, -0.05) is 18.2 Å². The van der Waals surface area contributed by atoms with Crippen molar-refractivity contribution in [2.45, 2.75) is 32.4 Å². The number of amides is 2. The minimum absolute atomic E-state index is 0.0254. The van der Waals surface area contributed by atoms with E-state index in [-0.39, 0.29) is 18.4 Å². The highest BCUT2D eigenvalue weighted by Crippen LogP contribution is 2.23. The first-order valence-corrected chi connectivity index (χ1v) is 9.56. The molecule has 1 saturated heterocycles. The standard InChI is InChI=1S/C19H20N4O2S/c1-13-11-22(15-6-3-2-5-14(13)15)12-17(24)23-9-4-7-16(23)18(25)21-19-20-8-10-26-19/h2-3,5-6,8,10-11,16H,4,7,9,12H2,1H3,(H,20,21,25)/t16-/m0/s1. The molecule has 0 spiro atoms. The molecule has 1 fully saturated rings. The lowest BCUT2D eigenvalue weighted by atomic mass is 10.2. The zero-order chi connectivity index (χ0) is 18.1. The SMILES string of the molecule is Cc1cn(CC(=O)N2CCC[C@H]2C(=O)Nc2nccs2)c2ccccc12. The van der Waals surface area contributed by atoms with Crippen molar-refractivity contribution in [1.29, 1.82) is 0 Å². The van der Waals surface area contributed by atoms with E-state index >= 15 is 0 Å². The first-order valence-electron chi connectivity index (χ1n) is 8.68. The van der Waals surface area contributed by atoms with E-state index < -0.39 is 6.04 Å². The number of benzene rings is 1. The van der Waals surface area contributed by atoms with Crippen molar-refractivity contribution >= 4 is 39.2 Å². The maximum atomic E-state index is 12.9. The number of likely N-dealkylation sites (tertiary alicyclic amines) is 1. The van der Waals surface area contributed by atoms with Gasteiger partial charge in [0.15, 0.2) is 5.13 Å². The average molecular weight is 368 g/mol. The third kappa shape index (κ3) is 3.10. The van der Waals surface area contributed by atoms with Crippen LogP contribution in [0.2, 0.25) is 0 Å². The van der Waals surface area contributed by atoms with Gasteiger partial charge >= 0.3 is 0 Å². The van der Waals surface area contributed by atoms with E-state index in [9.17, 15) is 9.59 Å². The summed E-state index contributed by atoms with van der Waals surface area (Å²) >= 11 is 1.38. The summed E-state index contributed by atoms with van der Waals surface area (Å²) in [6.07, 6.45) is 5.18. The lowest BCUT2D eigenvalue weighted by Crippen LogP contribution is -2.44. The number of nitrogens with one attached hydrogen (secondary N) is 1. The number of aryl methyl sites for hydroxylation is 1. The molecule has 1 aliphatic rings. The maximum Gasteiger partial charge on any atom is 0.248 e. The maximum absolute atomic E-state index is 12.9. The van der Waals surface area contributed by atoms with Gasteiger partial charge in [-0.2, -0.15) is 0 Å². The second kappa shape index (κ2) is 6.92. The molecule has 6 nitrogen and oxygen atoms in total. The third-order valence-electron chi connectivity index (χ3n) is 4.83. The molecule has 3 heterocycles. The molecule has 0 bridgehead atoms. The fourth-order valence-corrected chi connectivity index (χ4v) is 4.14. The van der Waals surface area contributed by atoms with E-state index in [0.29, 0.717) is 18.1 Å². The van der Waals surface area contributed by atoms with Gasteiger partial charge in [0.1, 0.15) is 12.6 Å². The van der Waals surface area contributed by atoms with Crippen LogP contribution in [0.5, 0.6) is 0 Å². The van der Waals surface area contributed by atoms with Gasteiger partial charge in [-0.3, -0.25) is 9.59 Å². The van der Waals surface area contributed by atoms with Crippen LogP contribution in [-0.4, -0.2) is 38.9 Å². The van der Waals surface area contributed by atoms with Crippen molar-refractivity contribution in [2.24, 2.45) is 0 Å². The number of anilines is 1. The zero-order valence-electron chi connectivity index (χ0n) is 14.5. The molecule has 134 valence electrons. The van der Waals surface area contributed by atoms with Crippen LogP contribution in [0.15, 0.2) is 42.0 Å². The van der Waals surface area contributed by atoms with Gasteiger partial charge in [0.2, 0.25) is 11.8 Å². The Bertz CT molecular complexity index is 948. The number of rotatable bonds is 4. The Kier molecular flexibility index (Phi) is 4.46. The molecule has 7 heteroatoms. The first-order chi connectivity index (χ1) is 12.6. The number of hydrogen-bond acceptors (Lipinski definition) is 4. The molecule has 1 atom stereocenters. The van der Waals surface area contributed by atoms with Crippen LogP contribution in [0.4, 0.5) is 5.13 Å². The lowest BCUT2D eigenvalue weighted by Gasteiger charge is -2.24. The first kappa shape index (κ1) is 16.8. The van der Waals surface area contributed by atoms with E-state index in [1.165, 1.54) is 11.3 Å². The highest BCUT2D eigenvalue weighted by Gasteiger charge is 2.34. The Labute approximate surface area is 155 Å². The topological polar surface area (TPSA) is 67.2 Å². The molecule has 2 aromatic heterocycles. The molecule has 1 N–H and O–H groups in total. The number of carbonyl (C=O) groups is 2. The zero-order valence-corrected chi connectivity index (χ0v) is 15.3. The van der Waals surface area contributed by atoms with E-state index in [0.717, 1.165) is 22.9 Å². The fraction of sp³-hybridized carbons (Fsp3) is 0.316. The molecule has 0 unspecified atom stereocenters. The fourth-order valence-electron chi connectivity index (χ4n) is 3.61. The van der Waals surface area contributed by atoms with Crippen LogP contribution in [0.3, 0.4) is 0 Å². The van der Waals surface area contributed by atoms with Gasteiger partial charge in [-0.25, -0.2) is 4.98 Å². The minimum atomic E-state index is -0.422. The van der Waals surface area contributed by atoms with Gasteiger partial charge in [0.25, 0.3) is 0 Å². The van der Waals surface area contributed by atoms with Crippen molar-refractivity contribution in [3.8, 4) is 0 Å². The quantitative estimate of drug-likeness (QED) is 0.770. The molecule has 0 radical (unpaired) electrons. The van der Waals surface area contributed by atoms with Crippen LogP contribution >= 0.6 is 11.3 Å². The van der Waals surface area contributed by atoms with Gasteiger partial charge < -0.3 is 14.8 Å². The second-order valence-electron chi connectivity index (χ2n) is 6.53. The minimum Gasteiger partial charge on any atom is -0.338 e. The molecule has 4 rings (SSSR count). The predicted octanol–water partition coefficient (Wildman–Crippen LogP) is 3.04. The molecular formula is C19H20N4O2S. The summed E-state index contributed by atoms with van der Waals surface area (Å²) in [5, 5.41) is 6.35. The van der Waals surface area contributed by atoms with E-state index in [1.54, 1.807) is 11.1 Å². The largest absolute Gasteiger partial charge is 0.338 e. The number of carbonyl (C=O) groups excluding carboxylic acids is 2. The van der Waals surface area contributed by atoms with Crippen LogP contribution in [-0.2, 0) is 16.1 Å². The van der Waals surface area contributed by atoms with Crippen LogP contribution in [0, 0.1) is 6.92 Å². The van der Waals surface area contributed by atoms with E-state index in [2.05, 4.69) is 16.4 Å². The number of hydrogen-bond donors (Lipinski definition) is 1. The monoisotopic (exact) mass is 368 g/mol. The Morgan fingerprint density at radius 3 is 3.00 bits per heavy atom. The number of thiazole rings is 1. The van der Waals surface area contributed by atoms with Crippen molar-refractivity contribution < 1.29 is 9.59 Å². The van der Waals surface area contributed by atoms with E-state index in [1.807, 2.05) is 41.3 Å².